The van der Waals surface area contributed by atoms with E-state index in [2.05, 4.69) is 5.32 Å². The monoisotopic (exact) mass is 170 g/mol. The first-order valence-corrected chi connectivity index (χ1v) is 4.73. The molecular formula is C9H18N2O. The second-order valence-electron chi connectivity index (χ2n) is 3.68. The Hall–Kier alpha value is -0.570. The molecule has 1 rings (SSSR count). The topological polar surface area (TPSA) is 55.1 Å². The summed E-state index contributed by atoms with van der Waals surface area (Å²) in [5.41, 5.74) is 5.41. The summed E-state index contributed by atoms with van der Waals surface area (Å²) in [6.07, 6.45) is 5.16. The van der Waals surface area contributed by atoms with Crippen LogP contribution in [0.1, 0.15) is 32.6 Å². The Bertz CT molecular complexity index is 151. The van der Waals surface area contributed by atoms with Crippen molar-refractivity contribution >= 4 is 5.91 Å². The van der Waals surface area contributed by atoms with Crippen LogP contribution < -0.4 is 11.1 Å². The zero-order chi connectivity index (χ0) is 8.97. The van der Waals surface area contributed by atoms with Crippen molar-refractivity contribution in [2.24, 2.45) is 11.7 Å². The van der Waals surface area contributed by atoms with Crippen LogP contribution >= 0.6 is 0 Å². The zero-order valence-electron chi connectivity index (χ0n) is 7.68. The first-order valence-electron chi connectivity index (χ1n) is 4.73. The van der Waals surface area contributed by atoms with Gasteiger partial charge in [0.15, 0.2) is 0 Å². The lowest BCUT2D eigenvalue weighted by Gasteiger charge is -2.11. The maximum Gasteiger partial charge on any atom is 0.236 e. The molecule has 3 N–H and O–H groups in total. The van der Waals surface area contributed by atoms with Crippen molar-refractivity contribution in [3.8, 4) is 0 Å². The molecule has 1 fully saturated rings. The fourth-order valence-electron chi connectivity index (χ4n) is 1.62. The molecule has 1 saturated carbocycles. The van der Waals surface area contributed by atoms with Gasteiger partial charge in [0.2, 0.25) is 5.91 Å². The normalized spacial score (nSPS) is 20.8. The highest BCUT2D eigenvalue weighted by atomic mass is 16.2. The van der Waals surface area contributed by atoms with Crippen LogP contribution in [0.3, 0.4) is 0 Å². The molecular weight excluding hydrogens is 152 g/mol. The zero-order valence-corrected chi connectivity index (χ0v) is 7.68. The first-order chi connectivity index (χ1) is 5.70. The molecule has 3 heteroatoms. The summed E-state index contributed by atoms with van der Waals surface area (Å²) in [5.74, 6) is 0.676. The highest BCUT2D eigenvalue weighted by Crippen LogP contribution is 2.23. The summed E-state index contributed by atoms with van der Waals surface area (Å²) >= 11 is 0. The van der Waals surface area contributed by atoms with E-state index in [4.69, 9.17) is 5.73 Å². The molecule has 1 atom stereocenters. The van der Waals surface area contributed by atoms with Gasteiger partial charge in [0, 0.05) is 6.54 Å². The van der Waals surface area contributed by atoms with Gasteiger partial charge in [-0.25, -0.2) is 0 Å². The number of nitrogens with one attached hydrogen (secondary N) is 1. The van der Waals surface area contributed by atoms with Crippen LogP contribution in [0.5, 0.6) is 0 Å². The van der Waals surface area contributed by atoms with Crippen LogP contribution in [-0.4, -0.2) is 18.5 Å². The van der Waals surface area contributed by atoms with E-state index in [9.17, 15) is 4.79 Å². The lowest BCUT2D eigenvalue weighted by Crippen LogP contribution is -2.40. The number of nitrogens with two attached hydrogens (primary N) is 1. The quantitative estimate of drug-likeness (QED) is 0.653. The molecule has 1 aliphatic carbocycles. The molecule has 0 unspecified atom stereocenters. The third-order valence-electron chi connectivity index (χ3n) is 2.45. The molecule has 0 heterocycles. The van der Waals surface area contributed by atoms with Crippen molar-refractivity contribution in [1.82, 2.24) is 5.32 Å². The minimum Gasteiger partial charge on any atom is -0.354 e. The summed E-state index contributed by atoms with van der Waals surface area (Å²) in [5, 5.41) is 2.86. The third-order valence-corrected chi connectivity index (χ3v) is 2.45. The third kappa shape index (κ3) is 2.81. The highest BCUT2D eigenvalue weighted by Gasteiger charge is 2.16. The summed E-state index contributed by atoms with van der Waals surface area (Å²) in [6, 6.07) is -0.369. The maximum absolute atomic E-state index is 11.1. The Kier molecular flexibility index (Phi) is 3.53. The van der Waals surface area contributed by atoms with Crippen LogP contribution in [0, 0.1) is 5.92 Å². The lowest BCUT2D eigenvalue weighted by molar-refractivity contribution is -0.122. The second-order valence-corrected chi connectivity index (χ2v) is 3.68. The first kappa shape index (κ1) is 9.52. The van der Waals surface area contributed by atoms with Crippen LogP contribution in [0.4, 0.5) is 0 Å². The largest absolute Gasteiger partial charge is 0.354 e. The van der Waals surface area contributed by atoms with E-state index in [1.165, 1.54) is 25.7 Å². The molecule has 70 valence electrons. The van der Waals surface area contributed by atoms with E-state index in [0.29, 0.717) is 5.92 Å². The number of rotatable bonds is 3. The number of carbonyl (C=O) groups excluding carboxylic acids is 1. The van der Waals surface area contributed by atoms with Crippen LogP contribution in [0.25, 0.3) is 0 Å². The smallest absolute Gasteiger partial charge is 0.236 e. The van der Waals surface area contributed by atoms with E-state index in [0.717, 1.165) is 6.54 Å². The van der Waals surface area contributed by atoms with Gasteiger partial charge in [0.1, 0.15) is 0 Å². The number of hydrogen-bond donors (Lipinski definition) is 2. The standard InChI is InChI=1S/C9H18N2O/c1-7(10)9(12)11-6-8-4-2-3-5-8/h7-8H,2-6,10H2,1H3,(H,11,12)/t7-/m0/s1. The maximum atomic E-state index is 11.1. The Morgan fingerprint density at radius 2 is 2.17 bits per heavy atom. The molecule has 0 aromatic heterocycles. The van der Waals surface area contributed by atoms with E-state index in [-0.39, 0.29) is 11.9 Å². The van der Waals surface area contributed by atoms with E-state index >= 15 is 0 Å². The lowest BCUT2D eigenvalue weighted by atomic mass is 10.1. The van der Waals surface area contributed by atoms with Crippen molar-refractivity contribution in [2.75, 3.05) is 6.54 Å². The van der Waals surface area contributed by atoms with Gasteiger partial charge >= 0.3 is 0 Å². The molecule has 0 aliphatic heterocycles. The van der Waals surface area contributed by atoms with Crippen molar-refractivity contribution < 1.29 is 4.79 Å². The van der Waals surface area contributed by atoms with Gasteiger partial charge in [-0.2, -0.15) is 0 Å². The summed E-state index contributed by atoms with van der Waals surface area (Å²) in [4.78, 5) is 11.1. The fourth-order valence-corrected chi connectivity index (χ4v) is 1.62. The summed E-state index contributed by atoms with van der Waals surface area (Å²) in [6.45, 7) is 2.53. The highest BCUT2D eigenvalue weighted by molar-refractivity contribution is 5.80. The van der Waals surface area contributed by atoms with Crippen molar-refractivity contribution in [2.45, 2.75) is 38.6 Å². The van der Waals surface area contributed by atoms with Crippen LogP contribution in [-0.2, 0) is 4.79 Å². The average molecular weight is 170 g/mol. The molecule has 0 aromatic carbocycles. The number of amides is 1. The Morgan fingerprint density at radius 3 is 2.67 bits per heavy atom. The molecule has 0 aromatic rings. The van der Waals surface area contributed by atoms with Gasteiger partial charge < -0.3 is 11.1 Å². The molecule has 0 saturated heterocycles. The van der Waals surface area contributed by atoms with Crippen molar-refractivity contribution in [3.05, 3.63) is 0 Å². The molecule has 3 nitrogen and oxygen atoms in total. The number of carbonyl (C=O) groups is 1. The molecule has 1 aliphatic rings. The Labute approximate surface area is 73.7 Å². The van der Waals surface area contributed by atoms with Gasteiger partial charge in [-0.15, -0.1) is 0 Å². The second kappa shape index (κ2) is 4.45. The van der Waals surface area contributed by atoms with E-state index < -0.39 is 0 Å². The minimum atomic E-state index is -0.369. The SMILES string of the molecule is C[C@H](N)C(=O)NCC1CCCC1. The molecule has 0 spiro atoms. The predicted molar refractivity (Wildman–Crippen MR) is 48.6 cm³/mol. The van der Waals surface area contributed by atoms with Gasteiger partial charge in [-0.05, 0) is 25.7 Å². The molecule has 12 heavy (non-hydrogen) atoms. The summed E-state index contributed by atoms with van der Waals surface area (Å²) in [7, 11) is 0. The summed E-state index contributed by atoms with van der Waals surface area (Å²) < 4.78 is 0. The number of hydrogen-bond acceptors (Lipinski definition) is 2. The van der Waals surface area contributed by atoms with Gasteiger partial charge in [-0.3, -0.25) is 4.79 Å². The van der Waals surface area contributed by atoms with Gasteiger partial charge in [0.25, 0.3) is 0 Å². The van der Waals surface area contributed by atoms with Crippen LogP contribution in [0.2, 0.25) is 0 Å². The molecule has 1 amide bonds. The van der Waals surface area contributed by atoms with Crippen molar-refractivity contribution in [1.29, 1.82) is 0 Å². The van der Waals surface area contributed by atoms with E-state index in [1.54, 1.807) is 6.92 Å². The minimum absolute atomic E-state index is 0.0260. The predicted octanol–water partition coefficient (Wildman–Crippen LogP) is 0.640. The fraction of sp³-hybridized carbons (Fsp3) is 0.889. The van der Waals surface area contributed by atoms with Crippen molar-refractivity contribution in [3.63, 3.8) is 0 Å². The Morgan fingerprint density at radius 1 is 1.58 bits per heavy atom. The van der Waals surface area contributed by atoms with Gasteiger partial charge in [0.05, 0.1) is 6.04 Å². The average Bonchev–Trinajstić information content (AvgIpc) is 2.51. The van der Waals surface area contributed by atoms with E-state index in [1.807, 2.05) is 0 Å². The Balaban J connectivity index is 2.12. The van der Waals surface area contributed by atoms with Crippen LogP contribution in [0.15, 0.2) is 0 Å². The molecule has 0 radical (unpaired) electrons. The molecule has 0 bridgehead atoms. The van der Waals surface area contributed by atoms with Gasteiger partial charge in [-0.1, -0.05) is 12.8 Å².